The number of amides is 1. The Hall–Kier alpha value is -1.62. The van der Waals surface area contributed by atoms with Crippen LogP contribution >= 0.6 is 0 Å². The van der Waals surface area contributed by atoms with E-state index in [-0.39, 0.29) is 23.7 Å². The molecule has 1 unspecified atom stereocenters. The van der Waals surface area contributed by atoms with Gasteiger partial charge in [0.05, 0.1) is 5.92 Å². The fourth-order valence-electron chi connectivity index (χ4n) is 2.75. The Kier molecular flexibility index (Phi) is 4.28. The molecule has 1 aromatic carbocycles. The van der Waals surface area contributed by atoms with Crippen LogP contribution in [0.5, 0.6) is 0 Å². The monoisotopic (exact) mass is 279 g/mol. The van der Waals surface area contributed by atoms with Gasteiger partial charge in [0.1, 0.15) is 5.82 Å². The zero-order chi connectivity index (χ0) is 14.9. The van der Waals surface area contributed by atoms with Crippen molar-refractivity contribution in [2.24, 2.45) is 17.4 Å². The fraction of sp³-hybridized carbons (Fsp3) is 0.533. The van der Waals surface area contributed by atoms with Crippen LogP contribution in [0.3, 0.4) is 0 Å². The van der Waals surface area contributed by atoms with Crippen molar-refractivity contribution in [3.63, 3.8) is 0 Å². The molecule has 4 nitrogen and oxygen atoms in total. The summed E-state index contributed by atoms with van der Waals surface area (Å²) in [7, 11) is 0. The average Bonchev–Trinajstić information content (AvgIpc) is 2.41. The molecule has 1 aliphatic rings. The lowest BCUT2D eigenvalue weighted by Gasteiger charge is -2.35. The van der Waals surface area contributed by atoms with E-state index in [2.05, 4.69) is 4.90 Å². The summed E-state index contributed by atoms with van der Waals surface area (Å²) in [5, 5.41) is 0. The first kappa shape index (κ1) is 14.8. The average molecular weight is 279 g/mol. The van der Waals surface area contributed by atoms with E-state index < -0.39 is 0 Å². The lowest BCUT2D eigenvalue weighted by atomic mass is 9.95. The van der Waals surface area contributed by atoms with Crippen molar-refractivity contribution in [3.05, 3.63) is 29.1 Å². The third-order valence-corrected chi connectivity index (χ3v) is 3.96. The Morgan fingerprint density at radius 1 is 1.50 bits per heavy atom. The minimum Gasteiger partial charge on any atom is -0.370 e. The lowest BCUT2D eigenvalue weighted by molar-refractivity contribution is -0.122. The number of primary amides is 1. The van der Waals surface area contributed by atoms with E-state index in [1.807, 2.05) is 13.0 Å². The molecule has 0 aliphatic carbocycles. The van der Waals surface area contributed by atoms with Crippen molar-refractivity contribution in [3.8, 4) is 0 Å². The van der Waals surface area contributed by atoms with Crippen molar-refractivity contribution in [2.45, 2.75) is 32.7 Å². The third kappa shape index (κ3) is 2.93. The Bertz CT molecular complexity index is 516. The molecule has 2 rings (SSSR count). The van der Waals surface area contributed by atoms with Crippen molar-refractivity contribution in [2.75, 3.05) is 18.0 Å². The highest BCUT2D eigenvalue weighted by atomic mass is 19.1. The highest BCUT2D eigenvalue weighted by Gasteiger charge is 2.26. The summed E-state index contributed by atoms with van der Waals surface area (Å²) >= 11 is 0. The SMILES string of the molecule is Cc1cc(N2CCCC(C(N)=O)C2)c([C@@H](C)N)cc1F. The Balaban J connectivity index is 2.36. The number of carbonyl (C=O) groups excluding carboxylic acids is 1. The van der Waals surface area contributed by atoms with Crippen LogP contribution < -0.4 is 16.4 Å². The Morgan fingerprint density at radius 2 is 2.20 bits per heavy atom. The molecule has 1 aromatic rings. The van der Waals surface area contributed by atoms with Crippen LogP contribution in [0.1, 0.15) is 36.9 Å². The van der Waals surface area contributed by atoms with E-state index in [1.54, 1.807) is 6.92 Å². The molecule has 5 heteroatoms. The molecule has 0 radical (unpaired) electrons. The summed E-state index contributed by atoms with van der Waals surface area (Å²) in [6.45, 7) is 5.00. The molecular weight excluding hydrogens is 257 g/mol. The molecule has 1 heterocycles. The quantitative estimate of drug-likeness (QED) is 0.887. The standard InChI is InChI=1S/C15H22FN3O/c1-9-6-14(12(10(2)17)7-13(9)16)19-5-3-4-11(8-19)15(18)20/h6-7,10-11H,3-5,8,17H2,1-2H3,(H2,18,20)/t10-,11?/m1/s1. The summed E-state index contributed by atoms with van der Waals surface area (Å²) in [6, 6.07) is 3.06. The first-order valence-electron chi connectivity index (χ1n) is 7.00. The molecule has 0 aromatic heterocycles. The number of halogens is 1. The van der Waals surface area contributed by atoms with E-state index in [0.717, 1.165) is 30.6 Å². The van der Waals surface area contributed by atoms with E-state index in [4.69, 9.17) is 11.5 Å². The molecule has 1 aliphatic heterocycles. The van der Waals surface area contributed by atoms with Crippen molar-refractivity contribution < 1.29 is 9.18 Å². The summed E-state index contributed by atoms with van der Waals surface area (Å²) in [5.74, 6) is -0.657. The van der Waals surface area contributed by atoms with Gasteiger partial charge in [-0.15, -0.1) is 0 Å². The van der Waals surface area contributed by atoms with Gasteiger partial charge in [-0.05, 0) is 49.9 Å². The lowest BCUT2D eigenvalue weighted by Crippen LogP contribution is -2.41. The van der Waals surface area contributed by atoms with E-state index >= 15 is 0 Å². The van der Waals surface area contributed by atoms with Crippen LogP contribution in [-0.2, 0) is 4.79 Å². The number of nitrogens with two attached hydrogens (primary N) is 2. The number of hydrogen-bond acceptors (Lipinski definition) is 3. The number of benzene rings is 1. The maximum Gasteiger partial charge on any atom is 0.222 e. The molecule has 2 atom stereocenters. The van der Waals surface area contributed by atoms with Crippen LogP contribution in [-0.4, -0.2) is 19.0 Å². The minimum atomic E-state index is -0.268. The van der Waals surface area contributed by atoms with Crippen LogP contribution in [0, 0.1) is 18.7 Å². The minimum absolute atomic E-state index is 0.143. The number of anilines is 1. The zero-order valence-electron chi connectivity index (χ0n) is 12.0. The first-order chi connectivity index (χ1) is 9.40. The van der Waals surface area contributed by atoms with Gasteiger partial charge >= 0.3 is 0 Å². The molecule has 1 saturated heterocycles. The molecule has 1 amide bonds. The molecule has 4 N–H and O–H groups in total. The number of hydrogen-bond donors (Lipinski definition) is 2. The Morgan fingerprint density at radius 3 is 2.80 bits per heavy atom. The third-order valence-electron chi connectivity index (χ3n) is 3.96. The van der Waals surface area contributed by atoms with Gasteiger partial charge in [0, 0.05) is 24.8 Å². The van der Waals surface area contributed by atoms with Crippen molar-refractivity contribution in [1.82, 2.24) is 0 Å². The van der Waals surface area contributed by atoms with Gasteiger partial charge in [-0.25, -0.2) is 4.39 Å². The molecule has 20 heavy (non-hydrogen) atoms. The number of nitrogens with zero attached hydrogens (tertiary/aromatic N) is 1. The predicted octanol–water partition coefficient (Wildman–Crippen LogP) is 1.86. The predicted molar refractivity (Wildman–Crippen MR) is 77.9 cm³/mol. The van der Waals surface area contributed by atoms with Crippen LogP contribution in [0.2, 0.25) is 0 Å². The maximum absolute atomic E-state index is 13.7. The maximum atomic E-state index is 13.7. The molecule has 0 spiro atoms. The highest BCUT2D eigenvalue weighted by molar-refractivity contribution is 5.77. The molecule has 0 saturated carbocycles. The summed E-state index contributed by atoms with van der Waals surface area (Å²) < 4.78 is 13.7. The second-order valence-corrected chi connectivity index (χ2v) is 5.64. The van der Waals surface area contributed by atoms with Gasteiger partial charge in [0.25, 0.3) is 0 Å². The van der Waals surface area contributed by atoms with Gasteiger partial charge in [-0.3, -0.25) is 4.79 Å². The summed E-state index contributed by atoms with van der Waals surface area (Å²) in [6.07, 6.45) is 1.72. The molecule has 1 fully saturated rings. The van der Waals surface area contributed by atoms with Crippen LogP contribution in [0.15, 0.2) is 12.1 Å². The smallest absolute Gasteiger partial charge is 0.222 e. The summed E-state index contributed by atoms with van der Waals surface area (Å²) in [5.41, 5.74) is 13.6. The Labute approximate surface area is 118 Å². The van der Waals surface area contributed by atoms with Crippen molar-refractivity contribution in [1.29, 1.82) is 0 Å². The number of rotatable bonds is 3. The van der Waals surface area contributed by atoms with Gasteiger partial charge in [0.2, 0.25) is 5.91 Å². The highest BCUT2D eigenvalue weighted by Crippen LogP contribution is 2.31. The largest absolute Gasteiger partial charge is 0.370 e. The molecule has 110 valence electrons. The fourth-order valence-corrected chi connectivity index (χ4v) is 2.75. The number of piperidine rings is 1. The van der Waals surface area contributed by atoms with Gasteiger partial charge in [-0.1, -0.05) is 0 Å². The second-order valence-electron chi connectivity index (χ2n) is 5.64. The van der Waals surface area contributed by atoms with Gasteiger partial charge in [-0.2, -0.15) is 0 Å². The summed E-state index contributed by atoms with van der Waals surface area (Å²) in [4.78, 5) is 13.5. The number of aryl methyl sites for hydroxylation is 1. The second kappa shape index (κ2) is 5.79. The van der Waals surface area contributed by atoms with Crippen LogP contribution in [0.4, 0.5) is 10.1 Å². The van der Waals surface area contributed by atoms with Gasteiger partial charge in [0.15, 0.2) is 0 Å². The van der Waals surface area contributed by atoms with E-state index in [9.17, 15) is 9.18 Å². The first-order valence-corrected chi connectivity index (χ1v) is 7.00. The molecule has 0 bridgehead atoms. The number of carbonyl (C=O) groups is 1. The zero-order valence-corrected chi connectivity index (χ0v) is 12.0. The van der Waals surface area contributed by atoms with E-state index in [1.165, 1.54) is 6.07 Å². The van der Waals surface area contributed by atoms with Crippen molar-refractivity contribution >= 4 is 11.6 Å². The molecular formula is C15H22FN3O. The van der Waals surface area contributed by atoms with E-state index in [0.29, 0.717) is 12.1 Å². The van der Waals surface area contributed by atoms with Gasteiger partial charge < -0.3 is 16.4 Å². The topological polar surface area (TPSA) is 72.3 Å². The van der Waals surface area contributed by atoms with Crippen LogP contribution in [0.25, 0.3) is 0 Å². The normalized spacial score (nSPS) is 20.8.